The molecule has 2 heterocycles. The molecule has 1 fully saturated rings. The minimum Gasteiger partial charge on any atom is -0.364 e. The maximum absolute atomic E-state index is 12.3. The Morgan fingerprint density at radius 3 is 2.80 bits per heavy atom. The van der Waals surface area contributed by atoms with Crippen molar-refractivity contribution in [3.63, 3.8) is 0 Å². The highest BCUT2D eigenvalue weighted by atomic mass is 32.2. The molecule has 7 nitrogen and oxygen atoms in total. The highest BCUT2D eigenvalue weighted by molar-refractivity contribution is 7.89. The largest absolute Gasteiger partial charge is 0.364 e. The van der Waals surface area contributed by atoms with Gasteiger partial charge in [-0.2, -0.15) is 0 Å². The van der Waals surface area contributed by atoms with E-state index in [4.69, 9.17) is 5.73 Å². The first-order chi connectivity index (χ1) is 9.31. The zero-order valence-corrected chi connectivity index (χ0v) is 12.4. The van der Waals surface area contributed by atoms with Gasteiger partial charge >= 0.3 is 0 Å². The summed E-state index contributed by atoms with van der Waals surface area (Å²) < 4.78 is 28.8. The minimum absolute atomic E-state index is 0.0690. The quantitative estimate of drug-likeness (QED) is 0.690. The van der Waals surface area contributed by atoms with E-state index in [1.165, 1.54) is 16.8 Å². The Labute approximate surface area is 118 Å². The summed E-state index contributed by atoms with van der Waals surface area (Å²) in [6.45, 7) is 3.58. The van der Waals surface area contributed by atoms with Crippen LogP contribution in [0.25, 0.3) is 0 Å². The highest BCUT2D eigenvalue weighted by Crippen LogP contribution is 2.17. The SMILES string of the molecule is CC1CNCCC1NS(=O)(=O)c1cc(C(N)=O)n(C)c1. The average Bonchev–Trinajstić information content (AvgIpc) is 2.75. The van der Waals surface area contributed by atoms with Crippen molar-refractivity contribution >= 4 is 15.9 Å². The van der Waals surface area contributed by atoms with Crippen LogP contribution in [-0.4, -0.2) is 38.0 Å². The van der Waals surface area contributed by atoms with E-state index in [1.54, 1.807) is 7.05 Å². The lowest BCUT2D eigenvalue weighted by Crippen LogP contribution is -2.48. The van der Waals surface area contributed by atoms with Gasteiger partial charge in [-0.3, -0.25) is 4.79 Å². The van der Waals surface area contributed by atoms with Gasteiger partial charge in [0.2, 0.25) is 10.0 Å². The monoisotopic (exact) mass is 300 g/mol. The summed E-state index contributed by atoms with van der Waals surface area (Å²) >= 11 is 0. The molecular weight excluding hydrogens is 280 g/mol. The number of piperidine rings is 1. The van der Waals surface area contributed by atoms with Crippen molar-refractivity contribution < 1.29 is 13.2 Å². The predicted octanol–water partition coefficient (Wildman–Crippen LogP) is -0.600. The van der Waals surface area contributed by atoms with Gasteiger partial charge < -0.3 is 15.6 Å². The number of hydrogen-bond acceptors (Lipinski definition) is 4. The third kappa shape index (κ3) is 3.02. The summed E-state index contributed by atoms with van der Waals surface area (Å²) in [5, 5.41) is 3.22. The lowest BCUT2D eigenvalue weighted by molar-refractivity contribution is 0.0992. The van der Waals surface area contributed by atoms with Gasteiger partial charge in [0.1, 0.15) is 10.6 Å². The minimum atomic E-state index is -3.63. The van der Waals surface area contributed by atoms with Crippen molar-refractivity contribution in [1.82, 2.24) is 14.6 Å². The molecule has 0 radical (unpaired) electrons. The smallest absolute Gasteiger partial charge is 0.265 e. The first kappa shape index (κ1) is 15.0. The van der Waals surface area contributed by atoms with Crippen molar-refractivity contribution in [3.8, 4) is 0 Å². The fourth-order valence-corrected chi connectivity index (χ4v) is 3.83. The molecule has 0 saturated carbocycles. The van der Waals surface area contributed by atoms with Gasteiger partial charge in [0.05, 0.1) is 0 Å². The third-order valence-corrected chi connectivity index (χ3v) is 5.09. The molecule has 0 aromatic carbocycles. The van der Waals surface area contributed by atoms with E-state index in [9.17, 15) is 13.2 Å². The molecule has 1 aliphatic rings. The molecule has 2 rings (SSSR count). The van der Waals surface area contributed by atoms with Gasteiger partial charge in [-0.05, 0) is 31.5 Å². The van der Waals surface area contributed by atoms with Gasteiger partial charge in [0, 0.05) is 19.3 Å². The summed E-state index contributed by atoms with van der Waals surface area (Å²) in [6, 6.07) is 1.20. The van der Waals surface area contributed by atoms with E-state index in [0.717, 1.165) is 19.5 Å². The summed E-state index contributed by atoms with van der Waals surface area (Å²) in [6.07, 6.45) is 2.14. The van der Waals surface area contributed by atoms with Gasteiger partial charge in [-0.15, -0.1) is 0 Å². The molecule has 2 atom stereocenters. The number of hydrogen-bond donors (Lipinski definition) is 3. The number of nitrogens with two attached hydrogens (primary N) is 1. The van der Waals surface area contributed by atoms with E-state index < -0.39 is 15.9 Å². The fraction of sp³-hybridized carbons (Fsp3) is 0.583. The summed E-state index contributed by atoms with van der Waals surface area (Å²) in [5.41, 5.74) is 5.36. The van der Waals surface area contributed by atoms with Crippen LogP contribution in [0.3, 0.4) is 0 Å². The molecule has 20 heavy (non-hydrogen) atoms. The highest BCUT2D eigenvalue weighted by Gasteiger charge is 2.28. The van der Waals surface area contributed by atoms with Crippen LogP contribution >= 0.6 is 0 Å². The van der Waals surface area contributed by atoms with Crippen molar-refractivity contribution in [2.75, 3.05) is 13.1 Å². The second-order valence-corrected chi connectivity index (χ2v) is 6.95. The molecule has 1 amide bonds. The number of carbonyl (C=O) groups is 1. The molecule has 0 bridgehead atoms. The number of amides is 1. The van der Waals surface area contributed by atoms with E-state index in [2.05, 4.69) is 10.0 Å². The average molecular weight is 300 g/mol. The van der Waals surface area contributed by atoms with Crippen molar-refractivity contribution in [2.45, 2.75) is 24.3 Å². The Morgan fingerprint density at radius 2 is 2.25 bits per heavy atom. The van der Waals surface area contributed by atoms with Gasteiger partial charge in [0.25, 0.3) is 5.91 Å². The molecule has 112 valence electrons. The molecule has 4 N–H and O–H groups in total. The Bertz CT molecular complexity index is 608. The maximum atomic E-state index is 12.3. The second-order valence-electron chi connectivity index (χ2n) is 5.23. The lowest BCUT2D eigenvalue weighted by Gasteiger charge is -2.29. The predicted molar refractivity (Wildman–Crippen MR) is 74.7 cm³/mol. The van der Waals surface area contributed by atoms with Gasteiger partial charge in [0.15, 0.2) is 0 Å². The molecule has 1 saturated heterocycles. The fourth-order valence-electron chi connectivity index (χ4n) is 2.38. The van der Waals surface area contributed by atoms with Crippen molar-refractivity contribution in [3.05, 3.63) is 18.0 Å². The van der Waals surface area contributed by atoms with Crippen LogP contribution in [0.4, 0.5) is 0 Å². The standard InChI is InChI=1S/C12H20N4O3S/c1-8-6-14-4-3-10(8)15-20(18,19)9-5-11(12(13)17)16(2)7-9/h5,7-8,10,14-15H,3-4,6H2,1-2H3,(H2,13,17). The summed E-state index contributed by atoms with van der Waals surface area (Å²) in [4.78, 5) is 11.3. The number of rotatable bonds is 4. The zero-order valence-electron chi connectivity index (χ0n) is 11.6. The van der Waals surface area contributed by atoms with Crippen LogP contribution in [-0.2, 0) is 17.1 Å². The molecule has 1 aromatic rings. The topological polar surface area (TPSA) is 106 Å². The Kier molecular flexibility index (Phi) is 4.17. The Morgan fingerprint density at radius 1 is 1.55 bits per heavy atom. The van der Waals surface area contributed by atoms with Gasteiger partial charge in [-0.25, -0.2) is 13.1 Å². The number of sulfonamides is 1. The van der Waals surface area contributed by atoms with E-state index in [0.29, 0.717) is 0 Å². The number of aromatic nitrogens is 1. The number of nitrogens with one attached hydrogen (secondary N) is 2. The molecule has 2 unspecified atom stereocenters. The number of carbonyl (C=O) groups excluding carboxylic acids is 1. The Balaban J connectivity index is 2.22. The first-order valence-corrected chi connectivity index (χ1v) is 7.99. The van der Waals surface area contributed by atoms with E-state index in [-0.39, 0.29) is 22.5 Å². The van der Waals surface area contributed by atoms with Crippen LogP contribution in [0.5, 0.6) is 0 Å². The zero-order chi connectivity index (χ0) is 14.9. The molecular formula is C12H20N4O3S. The third-order valence-electron chi connectivity index (χ3n) is 3.63. The summed E-state index contributed by atoms with van der Waals surface area (Å²) in [5.74, 6) is -0.429. The van der Waals surface area contributed by atoms with Crippen molar-refractivity contribution in [1.29, 1.82) is 0 Å². The van der Waals surface area contributed by atoms with E-state index >= 15 is 0 Å². The van der Waals surface area contributed by atoms with Crippen LogP contribution < -0.4 is 15.8 Å². The van der Waals surface area contributed by atoms with Crippen LogP contribution in [0.1, 0.15) is 23.8 Å². The molecule has 1 aromatic heterocycles. The lowest BCUT2D eigenvalue weighted by atomic mass is 9.97. The summed E-state index contributed by atoms with van der Waals surface area (Å²) in [7, 11) is -2.04. The maximum Gasteiger partial charge on any atom is 0.265 e. The molecule has 1 aliphatic heterocycles. The molecule has 8 heteroatoms. The Hall–Kier alpha value is -1.38. The molecule has 0 spiro atoms. The number of aryl methyl sites for hydroxylation is 1. The van der Waals surface area contributed by atoms with Gasteiger partial charge in [-0.1, -0.05) is 6.92 Å². The van der Waals surface area contributed by atoms with E-state index in [1.807, 2.05) is 6.92 Å². The van der Waals surface area contributed by atoms with Crippen LogP contribution in [0.15, 0.2) is 17.2 Å². The normalized spacial score (nSPS) is 23.7. The molecule has 0 aliphatic carbocycles. The van der Waals surface area contributed by atoms with Crippen LogP contribution in [0.2, 0.25) is 0 Å². The second kappa shape index (κ2) is 5.55. The number of primary amides is 1. The number of nitrogens with zero attached hydrogens (tertiary/aromatic N) is 1. The first-order valence-electron chi connectivity index (χ1n) is 6.50. The van der Waals surface area contributed by atoms with Crippen LogP contribution in [0, 0.1) is 5.92 Å². The van der Waals surface area contributed by atoms with Crippen molar-refractivity contribution in [2.24, 2.45) is 18.7 Å².